The van der Waals surface area contributed by atoms with Crippen molar-refractivity contribution in [3.05, 3.63) is 72.5 Å². The highest BCUT2D eigenvalue weighted by molar-refractivity contribution is 5.87. The largest absolute Gasteiger partial charge is 0.497 e. The first kappa shape index (κ1) is 15.6. The maximum atomic E-state index is 10.7. The fourth-order valence-electron chi connectivity index (χ4n) is 2.43. The van der Waals surface area contributed by atoms with Crippen LogP contribution >= 0.6 is 0 Å². The quantitative estimate of drug-likeness (QED) is 0.691. The Balaban J connectivity index is 2.09. The molecule has 1 N–H and O–H groups in total. The number of carbonyl (C=O) groups is 1. The van der Waals surface area contributed by atoms with Gasteiger partial charge in [0, 0.05) is 17.2 Å². The molecule has 0 atom stereocenters. The van der Waals surface area contributed by atoms with Crippen molar-refractivity contribution >= 4 is 12.0 Å². The van der Waals surface area contributed by atoms with Crippen LogP contribution in [0.1, 0.15) is 5.76 Å². The molecule has 0 unspecified atom stereocenters. The van der Waals surface area contributed by atoms with Crippen LogP contribution in [0.5, 0.6) is 5.75 Å². The molecule has 0 saturated heterocycles. The van der Waals surface area contributed by atoms with Gasteiger partial charge in [-0.05, 0) is 29.8 Å². The van der Waals surface area contributed by atoms with Crippen LogP contribution in [0.3, 0.4) is 0 Å². The van der Waals surface area contributed by atoms with Gasteiger partial charge in [0.15, 0.2) is 0 Å². The monoisotopic (exact) mass is 320 g/mol. The Hall–Kier alpha value is -3.27. The summed E-state index contributed by atoms with van der Waals surface area (Å²) in [6, 6.07) is 19.2. The molecule has 1 heterocycles. The Morgan fingerprint density at radius 2 is 1.75 bits per heavy atom. The number of ether oxygens (including phenoxy) is 1. The van der Waals surface area contributed by atoms with Crippen LogP contribution < -0.4 is 4.74 Å². The van der Waals surface area contributed by atoms with Crippen molar-refractivity contribution in [1.29, 1.82) is 0 Å². The van der Waals surface area contributed by atoms with E-state index >= 15 is 0 Å². The number of methoxy groups -OCH3 is 1. The molecule has 0 aliphatic carbocycles. The molecule has 2 aromatic carbocycles. The van der Waals surface area contributed by atoms with E-state index in [1.54, 1.807) is 7.11 Å². The first-order valence-electron chi connectivity index (χ1n) is 7.42. The Labute approximate surface area is 139 Å². The molecule has 3 rings (SSSR count). The number of hydrogen-bond acceptors (Lipinski definition) is 3. The van der Waals surface area contributed by atoms with E-state index in [1.165, 1.54) is 6.08 Å². The van der Waals surface area contributed by atoms with Gasteiger partial charge < -0.3 is 14.3 Å². The van der Waals surface area contributed by atoms with Crippen molar-refractivity contribution in [2.75, 3.05) is 7.11 Å². The molecule has 0 aliphatic rings. The van der Waals surface area contributed by atoms with Gasteiger partial charge in [-0.1, -0.05) is 42.5 Å². The molecule has 24 heavy (non-hydrogen) atoms. The number of carboxylic acid groups (broad SMARTS) is 1. The summed E-state index contributed by atoms with van der Waals surface area (Å²) in [6.45, 7) is 0. The van der Waals surface area contributed by atoms with Crippen LogP contribution in [0.25, 0.3) is 28.5 Å². The predicted octanol–water partition coefficient (Wildman–Crippen LogP) is 4.72. The first-order valence-corrected chi connectivity index (χ1v) is 7.42. The molecule has 0 saturated carbocycles. The van der Waals surface area contributed by atoms with E-state index in [0.717, 1.165) is 28.5 Å². The Morgan fingerprint density at radius 3 is 2.38 bits per heavy atom. The number of benzene rings is 2. The molecule has 0 spiro atoms. The lowest BCUT2D eigenvalue weighted by atomic mass is 10.0. The number of rotatable bonds is 5. The van der Waals surface area contributed by atoms with Crippen LogP contribution in [0, 0.1) is 0 Å². The molecule has 3 aromatic rings. The van der Waals surface area contributed by atoms with E-state index in [4.69, 9.17) is 14.3 Å². The predicted molar refractivity (Wildman–Crippen MR) is 92.8 cm³/mol. The normalized spacial score (nSPS) is 10.9. The van der Waals surface area contributed by atoms with Gasteiger partial charge in [-0.2, -0.15) is 0 Å². The summed E-state index contributed by atoms with van der Waals surface area (Å²) in [7, 11) is 1.62. The first-order chi connectivity index (χ1) is 11.7. The second-order valence-electron chi connectivity index (χ2n) is 5.16. The van der Waals surface area contributed by atoms with E-state index in [1.807, 2.05) is 60.7 Å². The standard InChI is InChI=1S/C20H16O4/c1-23-16-9-7-14(8-10-16)18-13-17(11-12-19(21)22)24-20(18)15-5-3-2-4-6-15/h2-13H,1H3,(H,21,22)/b12-11+. The zero-order valence-corrected chi connectivity index (χ0v) is 13.1. The summed E-state index contributed by atoms with van der Waals surface area (Å²) in [5, 5.41) is 8.80. The summed E-state index contributed by atoms with van der Waals surface area (Å²) >= 11 is 0. The van der Waals surface area contributed by atoms with Crippen LogP contribution in [-0.2, 0) is 4.79 Å². The Kier molecular flexibility index (Phi) is 4.47. The number of furan rings is 1. The summed E-state index contributed by atoms with van der Waals surface area (Å²) in [5.41, 5.74) is 2.79. The van der Waals surface area contributed by atoms with Gasteiger partial charge in [-0.25, -0.2) is 4.79 Å². The Morgan fingerprint density at radius 1 is 1.04 bits per heavy atom. The molecule has 0 aliphatic heterocycles. The molecule has 4 heteroatoms. The maximum absolute atomic E-state index is 10.7. The fraction of sp³-hybridized carbons (Fsp3) is 0.0500. The molecule has 0 fully saturated rings. The molecule has 0 amide bonds. The van der Waals surface area contributed by atoms with Crippen molar-refractivity contribution < 1.29 is 19.1 Å². The second-order valence-corrected chi connectivity index (χ2v) is 5.16. The molecular weight excluding hydrogens is 304 g/mol. The fourth-order valence-corrected chi connectivity index (χ4v) is 2.43. The lowest BCUT2D eigenvalue weighted by molar-refractivity contribution is -0.131. The SMILES string of the molecule is COc1ccc(-c2cc(/C=C/C(=O)O)oc2-c2ccccc2)cc1. The van der Waals surface area contributed by atoms with Crippen molar-refractivity contribution in [2.45, 2.75) is 0 Å². The summed E-state index contributed by atoms with van der Waals surface area (Å²) in [6.07, 6.45) is 2.51. The van der Waals surface area contributed by atoms with Gasteiger partial charge >= 0.3 is 5.97 Å². The van der Waals surface area contributed by atoms with Gasteiger partial charge in [0.25, 0.3) is 0 Å². The third kappa shape index (κ3) is 3.38. The minimum absolute atomic E-state index is 0.488. The minimum atomic E-state index is -1.02. The van der Waals surface area contributed by atoms with E-state index in [2.05, 4.69) is 0 Å². The molecule has 1 aromatic heterocycles. The van der Waals surface area contributed by atoms with Crippen molar-refractivity contribution in [3.8, 4) is 28.2 Å². The van der Waals surface area contributed by atoms with E-state index in [9.17, 15) is 4.79 Å². The van der Waals surface area contributed by atoms with Gasteiger partial charge in [-0.3, -0.25) is 0 Å². The topological polar surface area (TPSA) is 59.7 Å². The molecule has 0 radical (unpaired) electrons. The highest BCUT2D eigenvalue weighted by Crippen LogP contribution is 2.36. The Bertz CT molecular complexity index is 858. The molecule has 120 valence electrons. The number of hydrogen-bond donors (Lipinski definition) is 1. The van der Waals surface area contributed by atoms with Crippen molar-refractivity contribution in [3.63, 3.8) is 0 Å². The number of aliphatic carboxylic acids is 1. The molecule has 0 bridgehead atoms. The lowest BCUT2D eigenvalue weighted by Gasteiger charge is -2.04. The minimum Gasteiger partial charge on any atom is -0.497 e. The number of carboxylic acids is 1. The van der Waals surface area contributed by atoms with Crippen molar-refractivity contribution in [2.24, 2.45) is 0 Å². The van der Waals surface area contributed by atoms with Gasteiger partial charge in [0.05, 0.1) is 7.11 Å². The highest BCUT2D eigenvalue weighted by atomic mass is 16.5. The van der Waals surface area contributed by atoms with Gasteiger partial charge in [0.1, 0.15) is 17.3 Å². The van der Waals surface area contributed by atoms with Crippen molar-refractivity contribution in [1.82, 2.24) is 0 Å². The molecular formula is C20H16O4. The smallest absolute Gasteiger partial charge is 0.328 e. The lowest BCUT2D eigenvalue weighted by Crippen LogP contribution is -1.84. The summed E-state index contributed by atoms with van der Waals surface area (Å²) in [4.78, 5) is 10.7. The molecule has 4 nitrogen and oxygen atoms in total. The average molecular weight is 320 g/mol. The van der Waals surface area contributed by atoms with E-state index in [0.29, 0.717) is 11.5 Å². The van der Waals surface area contributed by atoms with E-state index in [-0.39, 0.29) is 0 Å². The third-order valence-electron chi connectivity index (χ3n) is 3.58. The maximum Gasteiger partial charge on any atom is 0.328 e. The average Bonchev–Trinajstić information content (AvgIpc) is 3.05. The third-order valence-corrected chi connectivity index (χ3v) is 3.58. The van der Waals surface area contributed by atoms with Crippen LogP contribution in [0.2, 0.25) is 0 Å². The van der Waals surface area contributed by atoms with Gasteiger partial charge in [-0.15, -0.1) is 0 Å². The zero-order valence-electron chi connectivity index (χ0n) is 13.1. The summed E-state index contributed by atoms with van der Waals surface area (Å²) in [5.74, 6) is 0.945. The van der Waals surface area contributed by atoms with Crippen LogP contribution in [0.15, 0.2) is 71.2 Å². The zero-order chi connectivity index (χ0) is 16.9. The van der Waals surface area contributed by atoms with Crippen LogP contribution in [-0.4, -0.2) is 18.2 Å². The van der Waals surface area contributed by atoms with Gasteiger partial charge in [0.2, 0.25) is 0 Å². The summed E-state index contributed by atoms with van der Waals surface area (Å²) < 4.78 is 11.1. The highest BCUT2D eigenvalue weighted by Gasteiger charge is 2.14. The van der Waals surface area contributed by atoms with Crippen LogP contribution in [0.4, 0.5) is 0 Å². The van der Waals surface area contributed by atoms with E-state index < -0.39 is 5.97 Å². The second kappa shape index (κ2) is 6.87.